The number of rotatable bonds is 4. The fourth-order valence-corrected chi connectivity index (χ4v) is 3.34. The van der Waals surface area contributed by atoms with Gasteiger partial charge in [-0.05, 0) is 6.07 Å². The molecule has 2 N–H and O–H groups in total. The molecule has 4 aromatic heterocycles. The van der Waals surface area contributed by atoms with Crippen LogP contribution in [0.5, 0.6) is 0 Å². The summed E-state index contributed by atoms with van der Waals surface area (Å²) in [6, 6.07) is 11.2. The van der Waals surface area contributed by atoms with Crippen LogP contribution in [0.25, 0.3) is 17.0 Å². The minimum absolute atomic E-state index is 0.00231. The van der Waals surface area contributed by atoms with Gasteiger partial charge in [0.2, 0.25) is 5.78 Å². The number of benzene rings is 1. The lowest BCUT2D eigenvalue weighted by atomic mass is 10.2. The first-order chi connectivity index (χ1) is 18.4. The van der Waals surface area contributed by atoms with Crippen molar-refractivity contribution in [3.8, 4) is 11.3 Å². The Morgan fingerprint density at radius 3 is 2.11 bits per heavy atom. The van der Waals surface area contributed by atoms with Gasteiger partial charge in [0.15, 0.2) is 22.8 Å². The fraction of sp³-hybridized carbons (Fsp3) is 0. The summed E-state index contributed by atoms with van der Waals surface area (Å²) in [4.78, 5) is 68.5. The number of nitrogens with zero attached hydrogens (tertiary/aromatic N) is 7. The van der Waals surface area contributed by atoms with Crippen LogP contribution < -0.4 is 5.32 Å². The Kier molecular flexibility index (Phi) is 6.25. The van der Waals surface area contributed by atoms with E-state index < -0.39 is 29.5 Å². The van der Waals surface area contributed by atoms with Crippen LogP contribution >= 0.6 is 0 Å². The second-order valence-electron chi connectivity index (χ2n) is 7.46. The number of carbonyl (C=O) groups excluding carboxylic acids is 3. The van der Waals surface area contributed by atoms with Crippen molar-refractivity contribution in [1.82, 2.24) is 34.3 Å². The number of carboxylic acid groups (broad SMARTS) is 1. The summed E-state index contributed by atoms with van der Waals surface area (Å²) in [6.45, 7) is 0. The van der Waals surface area contributed by atoms with E-state index in [4.69, 9.17) is 5.11 Å². The molecule has 5 heterocycles. The minimum Gasteiger partial charge on any atom is -0.476 e. The van der Waals surface area contributed by atoms with Crippen LogP contribution in [0.2, 0.25) is 0 Å². The van der Waals surface area contributed by atoms with E-state index in [0.29, 0.717) is 5.78 Å². The lowest BCUT2D eigenvalue weighted by Gasteiger charge is -2.05. The molecule has 186 valence electrons. The van der Waals surface area contributed by atoms with Gasteiger partial charge in [-0.1, -0.05) is 30.3 Å². The smallest absolute Gasteiger partial charge is 0.367 e. The number of esters is 2. The van der Waals surface area contributed by atoms with Gasteiger partial charge in [0.05, 0.1) is 5.69 Å². The number of anilines is 1. The summed E-state index contributed by atoms with van der Waals surface area (Å²) < 4.78 is 5.95. The maximum absolute atomic E-state index is 12.4. The highest BCUT2D eigenvalue weighted by atomic mass is 16.6. The number of fused-ring (bicyclic) bond motifs is 2. The minimum atomic E-state index is -1.34. The Balaban J connectivity index is 0.000000222. The normalized spacial score (nSPS) is 11.8. The van der Waals surface area contributed by atoms with E-state index in [-0.39, 0.29) is 22.9 Å². The second-order valence-corrected chi connectivity index (χ2v) is 7.46. The van der Waals surface area contributed by atoms with Crippen molar-refractivity contribution in [2.75, 3.05) is 5.32 Å². The first-order valence-corrected chi connectivity index (χ1v) is 10.7. The summed E-state index contributed by atoms with van der Waals surface area (Å²) in [6.07, 6.45) is 8.65. The van der Waals surface area contributed by atoms with Crippen LogP contribution in [0.1, 0.15) is 42.0 Å². The molecule has 0 radical (unpaired) electrons. The first-order valence-electron chi connectivity index (χ1n) is 10.7. The standard InChI is InChI=1S/C18H12N6O3.C6H2N2O3/c25-16(14-15(17(26)27)20-8-7-19-14)22-13-6-9-24-10-12(21-18(24)23-13)11-4-2-1-3-5-11;9-5-3-4(6(10)11-5)8-2-1-7-3/h1-10H,(H,26,27)(H,21,22,23,25);1-2H. The van der Waals surface area contributed by atoms with E-state index in [2.05, 4.69) is 40.0 Å². The molecule has 6 rings (SSSR count). The second kappa shape index (κ2) is 9.98. The molecule has 1 aliphatic rings. The van der Waals surface area contributed by atoms with Crippen molar-refractivity contribution in [2.24, 2.45) is 0 Å². The van der Waals surface area contributed by atoms with E-state index in [1.165, 1.54) is 24.8 Å². The van der Waals surface area contributed by atoms with Crippen LogP contribution in [0.4, 0.5) is 5.82 Å². The zero-order valence-corrected chi connectivity index (χ0v) is 19.0. The average molecular weight is 510 g/mol. The molecule has 14 nitrogen and oxygen atoms in total. The van der Waals surface area contributed by atoms with Gasteiger partial charge in [-0.2, -0.15) is 4.98 Å². The Morgan fingerprint density at radius 2 is 1.45 bits per heavy atom. The molecular weight excluding hydrogens is 496 g/mol. The van der Waals surface area contributed by atoms with Crippen molar-refractivity contribution in [3.05, 3.63) is 96.4 Å². The van der Waals surface area contributed by atoms with E-state index in [0.717, 1.165) is 11.3 Å². The Morgan fingerprint density at radius 1 is 0.816 bits per heavy atom. The van der Waals surface area contributed by atoms with E-state index in [1.54, 1.807) is 16.7 Å². The summed E-state index contributed by atoms with van der Waals surface area (Å²) >= 11 is 0. The third-order valence-electron chi connectivity index (χ3n) is 5.02. The molecule has 1 aromatic carbocycles. The van der Waals surface area contributed by atoms with E-state index in [1.807, 2.05) is 36.5 Å². The quantitative estimate of drug-likeness (QED) is 0.264. The van der Waals surface area contributed by atoms with Gasteiger partial charge >= 0.3 is 17.9 Å². The number of aromatic nitrogens is 7. The number of nitrogens with one attached hydrogen (secondary N) is 1. The predicted octanol–water partition coefficient (Wildman–Crippen LogP) is 1.92. The molecule has 0 fully saturated rings. The van der Waals surface area contributed by atoms with Crippen molar-refractivity contribution in [3.63, 3.8) is 0 Å². The SMILES string of the molecule is O=C(O)c1nccnc1C(=O)Nc1ccn2cc(-c3ccccc3)nc2n1.O=C1OC(=O)c2nccnc21. The lowest BCUT2D eigenvalue weighted by Crippen LogP contribution is -2.20. The number of hydrogen-bond donors (Lipinski definition) is 2. The molecule has 1 aliphatic heterocycles. The predicted molar refractivity (Wildman–Crippen MR) is 127 cm³/mol. The third kappa shape index (κ3) is 4.76. The molecule has 0 unspecified atom stereocenters. The zero-order chi connectivity index (χ0) is 26.6. The number of amides is 1. The Hall–Kier alpha value is -5.92. The summed E-state index contributed by atoms with van der Waals surface area (Å²) in [5, 5.41) is 11.6. The number of carboxylic acids is 1. The zero-order valence-electron chi connectivity index (χ0n) is 19.0. The summed E-state index contributed by atoms with van der Waals surface area (Å²) in [5.74, 6) is -2.88. The summed E-state index contributed by atoms with van der Waals surface area (Å²) in [7, 11) is 0. The highest BCUT2D eigenvalue weighted by Gasteiger charge is 2.32. The fourth-order valence-electron chi connectivity index (χ4n) is 3.34. The van der Waals surface area contributed by atoms with Crippen molar-refractivity contribution >= 4 is 35.4 Å². The van der Waals surface area contributed by atoms with Gasteiger partial charge in [-0.3, -0.25) is 9.20 Å². The van der Waals surface area contributed by atoms with Crippen LogP contribution in [-0.2, 0) is 4.74 Å². The number of imidazole rings is 1. The molecular formula is C24H14N8O6. The molecule has 0 saturated heterocycles. The van der Waals surface area contributed by atoms with Crippen LogP contribution in [0.15, 0.2) is 73.6 Å². The number of cyclic esters (lactones) is 2. The molecule has 5 aromatic rings. The van der Waals surface area contributed by atoms with Crippen LogP contribution in [-0.4, -0.2) is 63.2 Å². The molecule has 0 saturated carbocycles. The molecule has 1 amide bonds. The topological polar surface area (TPSA) is 192 Å². The third-order valence-corrected chi connectivity index (χ3v) is 5.02. The molecule has 0 bridgehead atoms. The van der Waals surface area contributed by atoms with E-state index >= 15 is 0 Å². The molecule has 0 aliphatic carbocycles. The average Bonchev–Trinajstić information content (AvgIpc) is 3.49. The monoisotopic (exact) mass is 510 g/mol. The van der Waals surface area contributed by atoms with Crippen LogP contribution in [0.3, 0.4) is 0 Å². The molecule has 14 heteroatoms. The number of hydrogen-bond acceptors (Lipinski definition) is 11. The van der Waals surface area contributed by atoms with Crippen molar-refractivity contribution < 1.29 is 29.0 Å². The van der Waals surface area contributed by atoms with E-state index in [9.17, 15) is 19.2 Å². The van der Waals surface area contributed by atoms with Gasteiger partial charge < -0.3 is 15.2 Å². The maximum Gasteiger partial charge on any atom is 0.367 e. The van der Waals surface area contributed by atoms with Gasteiger partial charge in [-0.15, -0.1) is 0 Å². The number of ether oxygens (including phenoxy) is 1. The van der Waals surface area contributed by atoms with Crippen molar-refractivity contribution in [1.29, 1.82) is 0 Å². The number of carbonyl (C=O) groups is 4. The Bertz CT molecular complexity index is 1690. The lowest BCUT2D eigenvalue weighted by molar-refractivity contribution is 0.0438. The highest BCUT2D eigenvalue weighted by molar-refractivity contribution is 6.12. The largest absolute Gasteiger partial charge is 0.476 e. The first kappa shape index (κ1) is 23.8. The maximum atomic E-state index is 12.4. The van der Waals surface area contributed by atoms with Crippen molar-refractivity contribution in [2.45, 2.75) is 0 Å². The summed E-state index contributed by atoms with van der Waals surface area (Å²) in [5.41, 5.74) is 0.964. The van der Waals surface area contributed by atoms with Gasteiger partial charge in [-0.25, -0.2) is 39.3 Å². The Labute approximate surface area is 212 Å². The van der Waals surface area contributed by atoms with Crippen LogP contribution in [0, 0.1) is 0 Å². The molecule has 0 atom stereocenters. The molecule has 38 heavy (non-hydrogen) atoms. The number of aromatic carboxylic acids is 1. The molecule has 0 spiro atoms. The van der Waals surface area contributed by atoms with Gasteiger partial charge in [0.25, 0.3) is 5.91 Å². The van der Waals surface area contributed by atoms with Gasteiger partial charge in [0.1, 0.15) is 5.82 Å². The van der Waals surface area contributed by atoms with Gasteiger partial charge in [0, 0.05) is 42.7 Å². The highest BCUT2D eigenvalue weighted by Crippen LogP contribution is 2.19.